The number of rotatable bonds is 5. The van der Waals surface area contributed by atoms with Crippen LogP contribution in [0.2, 0.25) is 0 Å². The molecule has 0 amide bonds. The van der Waals surface area contributed by atoms with Gasteiger partial charge in [-0.05, 0) is 60.1 Å². The lowest BCUT2D eigenvalue weighted by Crippen LogP contribution is -2.09. The highest BCUT2D eigenvalue weighted by atomic mass is 127. The average molecular weight is 460 g/mol. The van der Waals surface area contributed by atoms with E-state index in [-0.39, 0.29) is 0 Å². The zero-order valence-electron chi connectivity index (χ0n) is 12.5. The van der Waals surface area contributed by atoms with E-state index < -0.39 is 0 Å². The van der Waals surface area contributed by atoms with Gasteiger partial charge in [-0.1, -0.05) is 35.8 Å². The minimum atomic E-state index is 0.776. The fourth-order valence-electron chi connectivity index (χ4n) is 2.01. The summed E-state index contributed by atoms with van der Waals surface area (Å²) in [5, 5.41) is 3.40. The Hall–Kier alpha value is -0.690. The number of hydrogen-bond acceptors (Lipinski definition) is 3. The van der Waals surface area contributed by atoms with Crippen molar-refractivity contribution >= 4 is 44.3 Å². The van der Waals surface area contributed by atoms with Gasteiger partial charge >= 0.3 is 0 Å². The number of nitrogens with one attached hydrogen (secondary N) is 1. The Labute approximate surface area is 148 Å². The molecule has 0 aliphatic rings. The van der Waals surface area contributed by atoms with Crippen LogP contribution in [0, 0.1) is 10.5 Å². The maximum Gasteiger partial charge on any atom is 0.162 e. The molecule has 5 heteroatoms. The third-order valence-electron chi connectivity index (χ3n) is 3.16. The van der Waals surface area contributed by atoms with Crippen molar-refractivity contribution < 1.29 is 0 Å². The summed E-state index contributed by atoms with van der Waals surface area (Å²) in [5.41, 5.74) is 3.34. The molecule has 1 N–H and O–H groups in total. The molecule has 1 aromatic carbocycles. The molecule has 0 bridgehead atoms. The van der Waals surface area contributed by atoms with Gasteiger partial charge in [0, 0.05) is 16.6 Å². The van der Waals surface area contributed by atoms with E-state index in [1.807, 2.05) is 0 Å². The van der Waals surface area contributed by atoms with Crippen molar-refractivity contribution in [1.29, 1.82) is 0 Å². The van der Waals surface area contributed by atoms with Gasteiger partial charge in [-0.15, -0.1) is 0 Å². The van der Waals surface area contributed by atoms with Crippen molar-refractivity contribution in [3.8, 4) is 11.4 Å². The molecular weight excluding hydrogens is 441 g/mol. The SMILES string of the molecule is CCCNc1nc(-c2ccc(C)cc2Br)nc(CC)c1I. The molecule has 0 fully saturated rings. The van der Waals surface area contributed by atoms with E-state index in [2.05, 4.69) is 82.8 Å². The lowest BCUT2D eigenvalue weighted by molar-refractivity contribution is 0.942. The molecule has 0 radical (unpaired) electrons. The first-order valence-electron chi connectivity index (χ1n) is 7.13. The first-order valence-corrected chi connectivity index (χ1v) is 9.00. The summed E-state index contributed by atoms with van der Waals surface area (Å²) in [6.45, 7) is 7.28. The summed E-state index contributed by atoms with van der Waals surface area (Å²) in [4.78, 5) is 9.45. The van der Waals surface area contributed by atoms with E-state index in [4.69, 9.17) is 9.97 Å². The van der Waals surface area contributed by atoms with E-state index in [9.17, 15) is 0 Å². The fourth-order valence-corrected chi connectivity index (χ4v) is 3.49. The fraction of sp³-hybridized carbons (Fsp3) is 0.375. The van der Waals surface area contributed by atoms with Crippen molar-refractivity contribution in [2.45, 2.75) is 33.6 Å². The van der Waals surface area contributed by atoms with Crippen LogP contribution in [-0.4, -0.2) is 16.5 Å². The normalized spacial score (nSPS) is 10.7. The molecule has 0 atom stereocenters. The molecule has 0 aliphatic carbocycles. The molecule has 0 saturated heterocycles. The second kappa shape index (κ2) is 7.54. The van der Waals surface area contributed by atoms with Gasteiger partial charge in [0.05, 0.1) is 9.26 Å². The summed E-state index contributed by atoms with van der Waals surface area (Å²) < 4.78 is 2.16. The molecule has 2 aromatic rings. The zero-order chi connectivity index (χ0) is 15.4. The van der Waals surface area contributed by atoms with Crippen LogP contribution < -0.4 is 5.32 Å². The minimum absolute atomic E-state index is 0.776. The molecule has 1 heterocycles. The van der Waals surface area contributed by atoms with Crippen molar-refractivity contribution in [3.05, 3.63) is 37.5 Å². The molecule has 3 nitrogen and oxygen atoms in total. The number of aromatic nitrogens is 2. The van der Waals surface area contributed by atoms with Crippen LogP contribution in [0.3, 0.4) is 0 Å². The number of aryl methyl sites for hydroxylation is 2. The lowest BCUT2D eigenvalue weighted by atomic mass is 10.1. The largest absolute Gasteiger partial charge is 0.369 e. The van der Waals surface area contributed by atoms with Crippen LogP contribution in [0.1, 0.15) is 31.5 Å². The Balaban J connectivity index is 2.52. The van der Waals surface area contributed by atoms with Crippen LogP contribution in [0.5, 0.6) is 0 Å². The number of anilines is 1. The van der Waals surface area contributed by atoms with Crippen molar-refractivity contribution in [3.63, 3.8) is 0 Å². The Bertz CT molecular complexity index is 644. The van der Waals surface area contributed by atoms with Gasteiger partial charge in [-0.2, -0.15) is 0 Å². The van der Waals surface area contributed by atoms with E-state index in [1.54, 1.807) is 0 Å². The highest BCUT2D eigenvalue weighted by Crippen LogP contribution is 2.30. The van der Waals surface area contributed by atoms with Crippen LogP contribution >= 0.6 is 38.5 Å². The molecule has 2 rings (SSSR count). The van der Waals surface area contributed by atoms with E-state index in [1.165, 1.54) is 5.56 Å². The minimum Gasteiger partial charge on any atom is -0.369 e. The Morgan fingerprint density at radius 3 is 2.62 bits per heavy atom. The first kappa shape index (κ1) is 16.7. The van der Waals surface area contributed by atoms with Crippen molar-refractivity contribution in [2.24, 2.45) is 0 Å². The van der Waals surface area contributed by atoms with Gasteiger partial charge < -0.3 is 5.32 Å². The topological polar surface area (TPSA) is 37.8 Å². The summed E-state index contributed by atoms with van der Waals surface area (Å²) in [6, 6.07) is 6.26. The maximum absolute atomic E-state index is 4.73. The zero-order valence-corrected chi connectivity index (χ0v) is 16.2. The quantitative estimate of drug-likeness (QED) is 0.624. The van der Waals surface area contributed by atoms with Gasteiger partial charge in [0.15, 0.2) is 5.82 Å². The number of hydrogen-bond donors (Lipinski definition) is 1. The molecule has 21 heavy (non-hydrogen) atoms. The van der Waals surface area contributed by atoms with Crippen molar-refractivity contribution in [2.75, 3.05) is 11.9 Å². The monoisotopic (exact) mass is 459 g/mol. The van der Waals surface area contributed by atoms with Crippen molar-refractivity contribution in [1.82, 2.24) is 9.97 Å². The predicted molar refractivity (Wildman–Crippen MR) is 101 cm³/mol. The van der Waals surface area contributed by atoms with Gasteiger partial charge in [-0.25, -0.2) is 9.97 Å². The third-order valence-corrected chi connectivity index (χ3v) is 4.95. The Morgan fingerprint density at radius 2 is 2.00 bits per heavy atom. The van der Waals surface area contributed by atoms with Gasteiger partial charge in [0.1, 0.15) is 5.82 Å². The third kappa shape index (κ3) is 3.94. The molecular formula is C16H19BrIN3. The Morgan fingerprint density at radius 1 is 1.24 bits per heavy atom. The second-order valence-electron chi connectivity index (χ2n) is 4.92. The lowest BCUT2D eigenvalue weighted by Gasteiger charge is -2.13. The van der Waals surface area contributed by atoms with Gasteiger partial charge in [0.25, 0.3) is 0 Å². The van der Waals surface area contributed by atoms with Crippen LogP contribution in [0.15, 0.2) is 22.7 Å². The summed E-state index contributed by atoms with van der Waals surface area (Å²) in [5.74, 6) is 1.71. The van der Waals surface area contributed by atoms with Gasteiger partial charge in [-0.3, -0.25) is 0 Å². The molecule has 0 spiro atoms. The van der Waals surface area contributed by atoms with Crippen LogP contribution in [-0.2, 0) is 6.42 Å². The number of halogens is 2. The number of nitrogens with zero attached hydrogens (tertiary/aromatic N) is 2. The highest BCUT2D eigenvalue weighted by molar-refractivity contribution is 14.1. The van der Waals surface area contributed by atoms with Gasteiger partial charge in [0.2, 0.25) is 0 Å². The second-order valence-corrected chi connectivity index (χ2v) is 6.85. The predicted octanol–water partition coefficient (Wildman–Crippen LogP) is 5.20. The highest BCUT2D eigenvalue weighted by Gasteiger charge is 2.14. The van der Waals surface area contributed by atoms with E-state index >= 15 is 0 Å². The standard InChI is InChI=1S/C16H19BrIN3/c1-4-8-19-16-14(18)13(5-2)20-15(21-16)11-7-6-10(3)9-12(11)17/h6-7,9H,4-5,8H2,1-3H3,(H,19,20,21). The average Bonchev–Trinajstić information content (AvgIpc) is 2.46. The molecule has 0 saturated carbocycles. The molecule has 112 valence electrons. The summed E-state index contributed by atoms with van der Waals surface area (Å²) >= 11 is 5.96. The van der Waals surface area contributed by atoms with E-state index in [0.29, 0.717) is 0 Å². The van der Waals surface area contributed by atoms with Crippen LogP contribution in [0.25, 0.3) is 11.4 Å². The first-order chi connectivity index (χ1) is 10.1. The number of benzene rings is 1. The molecule has 1 aromatic heterocycles. The summed E-state index contributed by atoms with van der Waals surface area (Å²) in [7, 11) is 0. The van der Waals surface area contributed by atoms with Crippen LogP contribution in [0.4, 0.5) is 5.82 Å². The smallest absolute Gasteiger partial charge is 0.162 e. The summed E-state index contributed by atoms with van der Waals surface area (Å²) in [6.07, 6.45) is 1.98. The van der Waals surface area contributed by atoms with E-state index in [0.717, 1.165) is 50.3 Å². The maximum atomic E-state index is 4.73. The Kier molecular flexibility index (Phi) is 5.98. The molecule has 0 aliphatic heterocycles. The molecule has 0 unspecified atom stereocenters.